The number of amides is 1. The first-order valence-corrected chi connectivity index (χ1v) is 11.3. The molecular formula is C21H25N3O6S. The Morgan fingerprint density at radius 3 is 2.87 bits per heavy atom. The highest BCUT2D eigenvalue weighted by atomic mass is 32.2. The summed E-state index contributed by atoms with van der Waals surface area (Å²) in [6.45, 7) is 4.79. The molecule has 5 rings (SSSR count). The maximum Gasteiger partial charge on any atom is 0.270 e. The average Bonchev–Trinajstić information content (AvgIpc) is 3.27. The summed E-state index contributed by atoms with van der Waals surface area (Å²) in [5.41, 5.74) is 0.834. The molecule has 3 aliphatic heterocycles. The summed E-state index contributed by atoms with van der Waals surface area (Å²) < 4.78 is 24.2. The number of rotatable bonds is 3. The lowest BCUT2D eigenvalue weighted by Gasteiger charge is -2.36. The molecule has 1 aromatic carbocycles. The number of fused-ring (bicyclic) bond motifs is 2. The summed E-state index contributed by atoms with van der Waals surface area (Å²) >= 11 is 1.40. The van der Waals surface area contributed by atoms with E-state index in [4.69, 9.17) is 18.9 Å². The number of H-pyrrole nitrogens is 1. The average molecular weight is 448 g/mol. The fourth-order valence-corrected chi connectivity index (χ4v) is 5.61. The van der Waals surface area contributed by atoms with Gasteiger partial charge in [0, 0.05) is 6.61 Å². The van der Waals surface area contributed by atoms with Crippen LogP contribution in [-0.4, -0.2) is 47.6 Å². The molecule has 2 aromatic rings. The Bertz CT molecular complexity index is 1090. The van der Waals surface area contributed by atoms with Crippen LogP contribution in [0.1, 0.15) is 49.1 Å². The lowest BCUT2D eigenvalue weighted by atomic mass is 9.94. The van der Waals surface area contributed by atoms with Crippen molar-refractivity contribution in [1.29, 1.82) is 0 Å². The smallest absolute Gasteiger partial charge is 0.270 e. The van der Waals surface area contributed by atoms with Gasteiger partial charge < -0.3 is 24.3 Å². The number of hydrogen-bond acceptors (Lipinski definition) is 7. The molecule has 0 aliphatic carbocycles. The number of nitrogens with one attached hydrogen (secondary N) is 2. The van der Waals surface area contributed by atoms with Crippen LogP contribution in [-0.2, 0) is 9.53 Å². The Morgan fingerprint density at radius 2 is 2.10 bits per heavy atom. The Kier molecular flexibility index (Phi) is 4.93. The van der Waals surface area contributed by atoms with Crippen molar-refractivity contribution in [2.45, 2.75) is 43.6 Å². The zero-order valence-electron chi connectivity index (χ0n) is 17.6. The standard InChI is InChI=1S/C21H25N3O6S/c1-21(2)8-12(4-5-30-21)24-19-16(20(26)23-24)18(31-9-15(25)22-19)11-6-13(27-3)17-14(7-11)28-10-29-17/h6-7,12,18H,4-5,8-10H2,1-3H3,(H,22,25)(H,23,26)/t12-,18+/m1/s1. The van der Waals surface area contributed by atoms with Crippen LogP contribution in [0.5, 0.6) is 17.2 Å². The van der Waals surface area contributed by atoms with Crippen LogP contribution in [0.4, 0.5) is 5.82 Å². The summed E-state index contributed by atoms with van der Waals surface area (Å²) in [7, 11) is 1.56. The molecule has 0 radical (unpaired) electrons. The maximum absolute atomic E-state index is 13.2. The number of aromatic amines is 1. The van der Waals surface area contributed by atoms with Crippen molar-refractivity contribution in [3.8, 4) is 17.2 Å². The minimum Gasteiger partial charge on any atom is -0.493 e. The van der Waals surface area contributed by atoms with Gasteiger partial charge in [-0.25, -0.2) is 0 Å². The predicted molar refractivity (Wildman–Crippen MR) is 115 cm³/mol. The molecule has 10 heteroatoms. The second kappa shape index (κ2) is 7.52. The van der Waals surface area contributed by atoms with Gasteiger partial charge in [-0.2, -0.15) is 0 Å². The second-order valence-electron chi connectivity index (χ2n) is 8.52. The number of carbonyl (C=O) groups is 1. The Hall–Kier alpha value is -2.59. The summed E-state index contributed by atoms with van der Waals surface area (Å²) in [6, 6.07) is 3.73. The lowest BCUT2D eigenvalue weighted by molar-refractivity contribution is -0.113. The molecule has 1 amide bonds. The molecule has 0 saturated carbocycles. The van der Waals surface area contributed by atoms with Crippen LogP contribution in [0.2, 0.25) is 0 Å². The number of methoxy groups -OCH3 is 1. The van der Waals surface area contributed by atoms with E-state index in [1.54, 1.807) is 7.11 Å². The molecule has 166 valence electrons. The number of benzene rings is 1. The summed E-state index contributed by atoms with van der Waals surface area (Å²) in [5.74, 6) is 2.29. The highest BCUT2D eigenvalue weighted by Gasteiger charge is 2.36. The number of carbonyl (C=O) groups excluding carboxylic acids is 1. The molecule has 1 fully saturated rings. The fourth-order valence-electron chi connectivity index (χ4n) is 4.50. The number of anilines is 1. The Labute approximate surface area is 183 Å². The van der Waals surface area contributed by atoms with Gasteiger partial charge in [0.15, 0.2) is 11.5 Å². The van der Waals surface area contributed by atoms with E-state index in [2.05, 4.69) is 10.4 Å². The molecule has 2 atom stereocenters. The number of aromatic nitrogens is 2. The van der Waals surface area contributed by atoms with E-state index in [9.17, 15) is 9.59 Å². The molecule has 3 aliphatic rings. The van der Waals surface area contributed by atoms with E-state index in [-0.39, 0.29) is 40.9 Å². The quantitative estimate of drug-likeness (QED) is 0.746. The van der Waals surface area contributed by atoms with Crippen molar-refractivity contribution in [3.05, 3.63) is 33.6 Å². The van der Waals surface area contributed by atoms with Gasteiger partial charge in [-0.3, -0.25) is 19.4 Å². The number of hydrogen-bond donors (Lipinski definition) is 2. The van der Waals surface area contributed by atoms with Crippen LogP contribution in [0.25, 0.3) is 0 Å². The minimum absolute atomic E-state index is 0.0236. The van der Waals surface area contributed by atoms with E-state index >= 15 is 0 Å². The molecule has 31 heavy (non-hydrogen) atoms. The van der Waals surface area contributed by atoms with Gasteiger partial charge in [-0.1, -0.05) is 0 Å². The van der Waals surface area contributed by atoms with Crippen LogP contribution in [0.3, 0.4) is 0 Å². The van der Waals surface area contributed by atoms with Crippen molar-refractivity contribution in [2.24, 2.45) is 0 Å². The van der Waals surface area contributed by atoms with Crippen molar-refractivity contribution in [1.82, 2.24) is 9.78 Å². The van der Waals surface area contributed by atoms with Crippen LogP contribution in [0, 0.1) is 0 Å². The highest BCUT2D eigenvalue weighted by Crippen LogP contribution is 2.48. The van der Waals surface area contributed by atoms with E-state index in [1.165, 1.54) is 11.8 Å². The van der Waals surface area contributed by atoms with E-state index in [0.29, 0.717) is 35.2 Å². The van der Waals surface area contributed by atoms with E-state index in [0.717, 1.165) is 18.4 Å². The van der Waals surface area contributed by atoms with Gasteiger partial charge in [0.2, 0.25) is 18.4 Å². The highest BCUT2D eigenvalue weighted by molar-refractivity contribution is 8.00. The van der Waals surface area contributed by atoms with Gasteiger partial charge >= 0.3 is 0 Å². The number of ether oxygens (including phenoxy) is 4. The monoisotopic (exact) mass is 447 g/mol. The van der Waals surface area contributed by atoms with Crippen LogP contribution >= 0.6 is 11.8 Å². The predicted octanol–water partition coefficient (Wildman–Crippen LogP) is 2.82. The molecule has 1 aromatic heterocycles. The Balaban J connectivity index is 1.61. The second-order valence-corrected chi connectivity index (χ2v) is 9.62. The van der Waals surface area contributed by atoms with Crippen LogP contribution < -0.4 is 25.1 Å². The first-order chi connectivity index (χ1) is 14.9. The number of thioether (sulfide) groups is 1. The van der Waals surface area contributed by atoms with E-state index in [1.807, 2.05) is 30.7 Å². The van der Waals surface area contributed by atoms with E-state index < -0.39 is 0 Å². The lowest BCUT2D eigenvalue weighted by Crippen LogP contribution is -2.36. The summed E-state index contributed by atoms with van der Waals surface area (Å²) in [5, 5.41) is 5.58. The first kappa shape index (κ1) is 20.3. The third kappa shape index (κ3) is 3.57. The van der Waals surface area contributed by atoms with Crippen molar-refractivity contribution in [2.75, 3.05) is 31.6 Å². The zero-order valence-corrected chi connectivity index (χ0v) is 18.5. The number of nitrogens with zero attached hydrogens (tertiary/aromatic N) is 1. The maximum atomic E-state index is 13.2. The summed E-state index contributed by atoms with van der Waals surface area (Å²) in [6.07, 6.45) is 1.49. The third-order valence-electron chi connectivity index (χ3n) is 5.88. The molecule has 1 saturated heterocycles. The van der Waals surface area contributed by atoms with Crippen molar-refractivity contribution in [3.63, 3.8) is 0 Å². The normalized spacial score (nSPS) is 24.3. The minimum atomic E-state index is -0.366. The Morgan fingerprint density at radius 1 is 1.26 bits per heavy atom. The summed E-state index contributed by atoms with van der Waals surface area (Å²) in [4.78, 5) is 25.7. The first-order valence-electron chi connectivity index (χ1n) is 10.2. The molecule has 0 spiro atoms. The molecule has 9 nitrogen and oxygen atoms in total. The molecular weight excluding hydrogens is 422 g/mol. The van der Waals surface area contributed by atoms with Crippen molar-refractivity contribution >= 4 is 23.5 Å². The topological polar surface area (TPSA) is 104 Å². The van der Waals surface area contributed by atoms with Crippen LogP contribution in [0.15, 0.2) is 16.9 Å². The SMILES string of the molecule is COc1cc([C@@H]2SCC(=O)Nc3c2c(=O)[nH]n3[C@@H]2CCOC(C)(C)C2)cc2c1OCO2. The zero-order chi connectivity index (χ0) is 21.8. The fraction of sp³-hybridized carbons (Fsp3) is 0.524. The third-order valence-corrected chi connectivity index (χ3v) is 7.15. The van der Waals surface area contributed by atoms with Gasteiger partial charge in [0.1, 0.15) is 5.82 Å². The van der Waals surface area contributed by atoms with Gasteiger partial charge in [-0.05, 0) is 44.4 Å². The van der Waals surface area contributed by atoms with Gasteiger partial charge in [0.25, 0.3) is 5.56 Å². The van der Waals surface area contributed by atoms with Gasteiger partial charge in [0.05, 0.1) is 35.3 Å². The van der Waals surface area contributed by atoms with Crippen molar-refractivity contribution < 1.29 is 23.7 Å². The molecule has 4 heterocycles. The molecule has 2 N–H and O–H groups in total. The molecule has 0 bridgehead atoms. The molecule has 0 unspecified atom stereocenters. The largest absolute Gasteiger partial charge is 0.493 e. The van der Waals surface area contributed by atoms with Gasteiger partial charge in [-0.15, -0.1) is 11.8 Å².